The highest BCUT2D eigenvalue weighted by molar-refractivity contribution is 6.16. The lowest BCUT2D eigenvalue weighted by Crippen LogP contribution is -2.18. The van der Waals surface area contributed by atoms with Crippen molar-refractivity contribution in [2.45, 2.75) is 13.0 Å². The van der Waals surface area contributed by atoms with Gasteiger partial charge in [-0.15, -0.1) is 0 Å². The molecule has 34 heavy (non-hydrogen) atoms. The van der Waals surface area contributed by atoms with Gasteiger partial charge in [-0.1, -0.05) is 42.5 Å². The molecule has 0 bridgehead atoms. The van der Waals surface area contributed by atoms with Crippen LogP contribution in [0.5, 0.6) is 0 Å². The van der Waals surface area contributed by atoms with Crippen molar-refractivity contribution in [1.82, 2.24) is 20.2 Å². The van der Waals surface area contributed by atoms with E-state index in [2.05, 4.69) is 25.5 Å². The van der Waals surface area contributed by atoms with Gasteiger partial charge in [-0.25, -0.2) is 9.97 Å². The maximum absolute atomic E-state index is 13.5. The van der Waals surface area contributed by atoms with E-state index in [-0.39, 0.29) is 17.0 Å². The van der Waals surface area contributed by atoms with Crippen molar-refractivity contribution in [1.29, 1.82) is 5.41 Å². The number of H-pyrrole nitrogens is 1. The number of nitrogens with zero attached hydrogens (tertiary/aromatic N) is 3. The minimum Gasteiger partial charge on any atom is -0.458 e. The SMILES string of the molecule is CC(Nc1ncnc(N)c1C(=N)c1cn[nH]c1)c1oc2ccccc2c(=O)c1-c1ccccc1. The lowest BCUT2D eigenvalue weighted by molar-refractivity contribution is 0.515. The Labute approximate surface area is 194 Å². The second-order valence-corrected chi connectivity index (χ2v) is 7.74. The zero-order valence-corrected chi connectivity index (χ0v) is 18.2. The second kappa shape index (κ2) is 8.62. The number of aromatic nitrogens is 4. The van der Waals surface area contributed by atoms with E-state index >= 15 is 0 Å². The van der Waals surface area contributed by atoms with E-state index in [1.54, 1.807) is 18.3 Å². The zero-order valence-electron chi connectivity index (χ0n) is 18.2. The van der Waals surface area contributed by atoms with Gasteiger partial charge in [0.2, 0.25) is 5.43 Å². The van der Waals surface area contributed by atoms with Crippen molar-refractivity contribution < 1.29 is 4.42 Å². The topological polar surface area (TPSA) is 147 Å². The summed E-state index contributed by atoms with van der Waals surface area (Å²) in [5.41, 5.74) is 8.70. The van der Waals surface area contributed by atoms with Gasteiger partial charge in [-0.2, -0.15) is 5.10 Å². The van der Waals surface area contributed by atoms with Crippen molar-refractivity contribution in [2.75, 3.05) is 11.1 Å². The molecule has 5 aromatic rings. The van der Waals surface area contributed by atoms with Gasteiger partial charge in [-0.05, 0) is 24.6 Å². The van der Waals surface area contributed by atoms with Gasteiger partial charge in [0.1, 0.15) is 29.3 Å². The number of nitrogens with two attached hydrogens (primary N) is 1. The third-order valence-electron chi connectivity index (χ3n) is 5.55. The third-order valence-corrected chi connectivity index (χ3v) is 5.55. The van der Waals surface area contributed by atoms with Crippen LogP contribution in [0.15, 0.2) is 82.5 Å². The monoisotopic (exact) mass is 451 g/mol. The van der Waals surface area contributed by atoms with Crippen molar-refractivity contribution in [3.63, 3.8) is 0 Å². The first kappa shape index (κ1) is 21.1. The molecule has 9 heteroatoms. The molecule has 0 aliphatic carbocycles. The summed E-state index contributed by atoms with van der Waals surface area (Å²) in [6.45, 7) is 1.86. The first-order chi connectivity index (χ1) is 16.5. The maximum Gasteiger partial charge on any atom is 0.200 e. The number of para-hydroxylation sites is 1. The van der Waals surface area contributed by atoms with E-state index in [1.807, 2.05) is 49.4 Å². The average molecular weight is 451 g/mol. The Morgan fingerprint density at radius 2 is 1.88 bits per heavy atom. The summed E-state index contributed by atoms with van der Waals surface area (Å²) in [7, 11) is 0. The van der Waals surface area contributed by atoms with E-state index in [9.17, 15) is 4.79 Å². The summed E-state index contributed by atoms with van der Waals surface area (Å²) in [6, 6.07) is 16.1. The van der Waals surface area contributed by atoms with Gasteiger partial charge in [0.15, 0.2) is 0 Å². The summed E-state index contributed by atoms with van der Waals surface area (Å²) < 4.78 is 6.26. The Morgan fingerprint density at radius 1 is 1.12 bits per heavy atom. The molecule has 9 nitrogen and oxygen atoms in total. The minimum atomic E-state index is -0.488. The highest BCUT2D eigenvalue weighted by Crippen LogP contribution is 2.32. The van der Waals surface area contributed by atoms with Gasteiger partial charge in [0.25, 0.3) is 0 Å². The largest absolute Gasteiger partial charge is 0.458 e. The molecule has 0 aliphatic rings. The smallest absolute Gasteiger partial charge is 0.200 e. The lowest BCUT2D eigenvalue weighted by Gasteiger charge is -2.20. The highest BCUT2D eigenvalue weighted by Gasteiger charge is 2.24. The number of anilines is 2. The predicted molar refractivity (Wildman–Crippen MR) is 131 cm³/mol. The highest BCUT2D eigenvalue weighted by atomic mass is 16.3. The van der Waals surface area contributed by atoms with Crippen molar-refractivity contribution in [2.24, 2.45) is 0 Å². The third kappa shape index (κ3) is 3.69. The number of fused-ring (bicyclic) bond motifs is 1. The molecule has 3 heterocycles. The molecule has 0 spiro atoms. The Bertz CT molecular complexity index is 1540. The van der Waals surface area contributed by atoms with Gasteiger partial charge < -0.3 is 15.5 Å². The summed E-state index contributed by atoms with van der Waals surface area (Å²) in [5, 5.41) is 19.0. The number of nitrogen functional groups attached to an aromatic ring is 1. The molecule has 0 amide bonds. The summed E-state index contributed by atoms with van der Waals surface area (Å²) >= 11 is 0. The average Bonchev–Trinajstić information content (AvgIpc) is 3.39. The van der Waals surface area contributed by atoms with Crippen LogP contribution in [0.4, 0.5) is 11.6 Å². The number of benzene rings is 2. The first-order valence-corrected chi connectivity index (χ1v) is 10.6. The minimum absolute atomic E-state index is 0.116. The van der Waals surface area contributed by atoms with Crippen LogP contribution in [0.3, 0.4) is 0 Å². The van der Waals surface area contributed by atoms with Gasteiger partial charge in [0, 0.05) is 11.8 Å². The summed E-state index contributed by atoms with van der Waals surface area (Å²) in [6.07, 6.45) is 4.45. The van der Waals surface area contributed by atoms with Crippen molar-refractivity contribution >= 4 is 28.3 Å². The Kier molecular flexibility index (Phi) is 5.35. The zero-order chi connectivity index (χ0) is 23.7. The number of nitrogens with one attached hydrogen (secondary N) is 3. The van der Waals surface area contributed by atoms with Gasteiger partial charge in [-0.3, -0.25) is 15.3 Å². The van der Waals surface area contributed by atoms with E-state index in [0.29, 0.717) is 39.2 Å². The normalized spacial score (nSPS) is 11.9. The van der Waals surface area contributed by atoms with E-state index in [0.717, 1.165) is 5.56 Å². The quantitative estimate of drug-likeness (QED) is 0.284. The van der Waals surface area contributed by atoms with Crippen LogP contribution in [0.2, 0.25) is 0 Å². The van der Waals surface area contributed by atoms with Crippen LogP contribution in [0.1, 0.15) is 29.9 Å². The van der Waals surface area contributed by atoms with Crippen LogP contribution in [0.25, 0.3) is 22.1 Å². The molecule has 0 fully saturated rings. The standard InChI is InChI=1S/C25H21N7O2/c1-14(32-25-20(24(27)28-13-29-25)21(26)16-11-30-31-12-16)23-19(15-7-3-2-4-8-15)22(33)17-9-5-6-10-18(17)34-23/h2-14,26H,1H3,(H,30,31)(H3,27,28,29,32). The summed E-state index contributed by atoms with van der Waals surface area (Å²) in [4.78, 5) is 21.9. The number of hydrogen-bond donors (Lipinski definition) is 4. The fourth-order valence-corrected chi connectivity index (χ4v) is 3.90. The first-order valence-electron chi connectivity index (χ1n) is 10.6. The van der Waals surface area contributed by atoms with Crippen LogP contribution < -0.4 is 16.5 Å². The van der Waals surface area contributed by atoms with Gasteiger partial charge >= 0.3 is 0 Å². The number of aromatic amines is 1. The molecular formula is C25H21N7O2. The maximum atomic E-state index is 13.5. The van der Waals surface area contributed by atoms with Crippen molar-refractivity contribution in [3.8, 4) is 11.1 Å². The van der Waals surface area contributed by atoms with E-state index in [4.69, 9.17) is 15.6 Å². The molecule has 5 N–H and O–H groups in total. The molecule has 168 valence electrons. The molecule has 0 aliphatic heterocycles. The molecule has 1 atom stereocenters. The Balaban J connectivity index is 1.63. The van der Waals surface area contributed by atoms with Crippen LogP contribution in [0, 0.1) is 5.41 Å². The Morgan fingerprint density at radius 3 is 2.65 bits per heavy atom. The van der Waals surface area contributed by atoms with E-state index < -0.39 is 6.04 Å². The molecular weight excluding hydrogens is 430 g/mol. The summed E-state index contributed by atoms with van der Waals surface area (Å²) in [5.74, 6) is 0.952. The van der Waals surface area contributed by atoms with E-state index in [1.165, 1.54) is 12.5 Å². The second-order valence-electron chi connectivity index (χ2n) is 7.74. The lowest BCUT2D eigenvalue weighted by atomic mass is 9.99. The Hall–Kier alpha value is -4.79. The molecule has 0 saturated heterocycles. The molecule has 5 rings (SSSR count). The molecule has 2 aromatic carbocycles. The molecule has 3 aromatic heterocycles. The number of hydrogen-bond acceptors (Lipinski definition) is 8. The molecule has 1 unspecified atom stereocenters. The van der Waals surface area contributed by atoms with Crippen LogP contribution in [-0.2, 0) is 0 Å². The fourth-order valence-electron chi connectivity index (χ4n) is 3.90. The molecule has 0 saturated carbocycles. The molecule has 0 radical (unpaired) electrons. The predicted octanol–water partition coefficient (Wildman–Crippen LogP) is 4.14. The van der Waals surface area contributed by atoms with Crippen LogP contribution in [-0.4, -0.2) is 25.9 Å². The number of rotatable bonds is 6. The van der Waals surface area contributed by atoms with Crippen molar-refractivity contribution in [3.05, 3.63) is 100 Å². The van der Waals surface area contributed by atoms with Crippen LogP contribution >= 0.6 is 0 Å². The fraction of sp³-hybridized carbons (Fsp3) is 0.0800. The van der Waals surface area contributed by atoms with Gasteiger partial charge in [0.05, 0.1) is 34.5 Å².